The molecule has 34 heavy (non-hydrogen) atoms. The van der Waals surface area contributed by atoms with Crippen LogP contribution in [-0.4, -0.2) is 17.1 Å². The highest BCUT2D eigenvalue weighted by atomic mass is 16.4. The largest absolute Gasteiger partial charge is 0.477 e. The molecule has 4 rings (SSSR count). The van der Waals surface area contributed by atoms with E-state index in [4.69, 9.17) is 10.4 Å². The van der Waals surface area contributed by atoms with Crippen LogP contribution < -0.4 is 4.90 Å². The van der Waals surface area contributed by atoms with Crippen LogP contribution in [0.1, 0.15) is 80.0 Å². The van der Waals surface area contributed by atoms with E-state index in [2.05, 4.69) is 55.1 Å². The molecule has 1 N–H and O–H groups in total. The van der Waals surface area contributed by atoms with Gasteiger partial charge in [0.05, 0.1) is 0 Å². The molecule has 1 saturated carbocycles. The summed E-state index contributed by atoms with van der Waals surface area (Å²) in [5, 5.41) is 17.9. The fourth-order valence-electron chi connectivity index (χ4n) is 5.60. The average Bonchev–Trinajstić information content (AvgIpc) is 3.41. The highest BCUT2D eigenvalue weighted by Crippen LogP contribution is 2.53. The molecule has 1 aliphatic carbocycles. The number of carboxylic acids is 1. The smallest absolute Gasteiger partial charge is 0.346 e. The summed E-state index contributed by atoms with van der Waals surface area (Å²) in [7, 11) is 0. The number of hydrogen-bond acceptors (Lipinski definition) is 3. The van der Waals surface area contributed by atoms with Gasteiger partial charge in [-0.2, -0.15) is 5.26 Å². The van der Waals surface area contributed by atoms with E-state index in [1.807, 2.05) is 6.08 Å². The van der Waals surface area contributed by atoms with Gasteiger partial charge >= 0.3 is 5.97 Å². The highest BCUT2D eigenvalue weighted by Gasteiger charge is 2.42. The van der Waals surface area contributed by atoms with Gasteiger partial charge < -0.3 is 10.0 Å². The third-order valence-corrected chi connectivity index (χ3v) is 7.26. The van der Waals surface area contributed by atoms with Crippen molar-refractivity contribution in [1.29, 1.82) is 5.26 Å². The van der Waals surface area contributed by atoms with Crippen molar-refractivity contribution in [3.8, 4) is 6.07 Å². The van der Waals surface area contributed by atoms with Crippen molar-refractivity contribution < 1.29 is 9.90 Å². The van der Waals surface area contributed by atoms with Crippen molar-refractivity contribution in [2.45, 2.75) is 77.2 Å². The summed E-state index contributed by atoms with van der Waals surface area (Å²) in [6, 6.07) is 15.8. The lowest BCUT2D eigenvalue weighted by Gasteiger charge is -2.29. The molecule has 4 nitrogen and oxygen atoms in total. The molecule has 1 fully saturated rings. The van der Waals surface area contributed by atoms with E-state index in [0.717, 1.165) is 12.0 Å². The summed E-state index contributed by atoms with van der Waals surface area (Å²) in [5.41, 5.74) is 7.55. The summed E-state index contributed by atoms with van der Waals surface area (Å²) in [6.45, 7) is 4.49. The van der Waals surface area contributed by atoms with E-state index in [9.17, 15) is 4.79 Å². The summed E-state index contributed by atoms with van der Waals surface area (Å²) < 4.78 is 0. The first-order valence-corrected chi connectivity index (χ1v) is 12.6. The van der Waals surface area contributed by atoms with Gasteiger partial charge in [-0.3, -0.25) is 0 Å². The fraction of sp³-hybridized carbons (Fsp3) is 0.400. The Morgan fingerprint density at radius 2 is 1.97 bits per heavy atom. The first-order chi connectivity index (χ1) is 16.5. The van der Waals surface area contributed by atoms with Crippen LogP contribution in [0.15, 0.2) is 54.1 Å². The van der Waals surface area contributed by atoms with E-state index in [1.165, 1.54) is 79.1 Å². The van der Waals surface area contributed by atoms with Gasteiger partial charge in [0.15, 0.2) is 0 Å². The number of fused-ring (bicyclic) bond motifs is 3. The Bertz CT molecular complexity index is 1150. The number of aliphatic carboxylic acids is 1. The molecule has 0 aromatic heterocycles. The van der Waals surface area contributed by atoms with E-state index in [0.29, 0.717) is 12.0 Å². The molecule has 2 atom stereocenters. The molecule has 2 aromatic rings. The third-order valence-electron chi connectivity index (χ3n) is 7.26. The van der Waals surface area contributed by atoms with Crippen LogP contribution in [0.2, 0.25) is 0 Å². The second-order valence-corrected chi connectivity index (χ2v) is 9.58. The quantitative estimate of drug-likeness (QED) is 0.185. The number of unbranched alkanes of at least 4 members (excludes halogenated alkanes) is 3. The zero-order chi connectivity index (χ0) is 24.1. The predicted molar refractivity (Wildman–Crippen MR) is 138 cm³/mol. The van der Waals surface area contributed by atoms with Crippen LogP contribution in [0.3, 0.4) is 0 Å². The number of nitriles is 1. The molecule has 4 heteroatoms. The first kappa shape index (κ1) is 23.8. The van der Waals surface area contributed by atoms with Gasteiger partial charge in [-0.15, -0.1) is 0 Å². The van der Waals surface area contributed by atoms with Gasteiger partial charge in [0, 0.05) is 23.3 Å². The highest BCUT2D eigenvalue weighted by molar-refractivity contribution is 5.91. The molecule has 0 saturated heterocycles. The molecule has 0 radical (unpaired) electrons. The zero-order valence-corrected chi connectivity index (χ0v) is 20.3. The van der Waals surface area contributed by atoms with Crippen LogP contribution in [0, 0.1) is 18.3 Å². The molecule has 1 heterocycles. The van der Waals surface area contributed by atoms with E-state index < -0.39 is 5.97 Å². The number of anilines is 2. The van der Waals surface area contributed by atoms with Crippen molar-refractivity contribution in [3.05, 3.63) is 76.4 Å². The second-order valence-electron chi connectivity index (χ2n) is 9.58. The van der Waals surface area contributed by atoms with Gasteiger partial charge in [0.25, 0.3) is 0 Å². The van der Waals surface area contributed by atoms with Crippen LogP contribution in [-0.2, 0) is 11.2 Å². The molecular weight excluding hydrogens is 420 g/mol. The number of aryl methyl sites for hydroxylation is 2. The maximum Gasteiger partial charge on any atom is 0.346 e. The SMILES string of the molecule is CCCCCCc1ccc(N2c3ccc(C=CC=C(C#N)C(=O)O)cc3C3CCCC32)c(C)c1. The number of rotatable bonds is 9. The number of nitrogens with zero attached hydrogens (tertiary/aromatic N) is 2. The molecular formula is C30H34N2O2. The maximum atomic E-state index is 11.0. The minimum Gasteiger partial charge on any atom is -0.477 e. The summed E-state index contributed by atoms with van der Waals surface area (Å²) in [4.78, 5) is 13.6. The van der Waals surface area contributed by atoms with Crippen molar-refractivity contribution in [2.75, 3.05) is 4.90 Å². The van der Waals surface area contributed by atoms with Gasteiger partial charge in [-0.25, -0.2) is 4.79 Å². The van der Waals surface area contributed by atoms with Crippen molar-refractivity contribution in [3.63, 3.8) is 0 Å². The summed E-state index contributed by atoms with van der Waals surface area (Å²) in [5.74, 6) is -0.673. The Hall–Kier alpha value is -3.32. The summed E-state index contributed by atoms with van der Waals surface area (Å²) in [6.07, 6.45) is 14.8. The first-order valence-electron chi connectivity index (χ1n) is 12.6. The van der Waals surface area contributed by atoms with Crippen molar-refractivity contribution in [1.82, 2.24) is 0 Å². The number of carboxylic acid groups (broad SMARTS) is 1. The number of carbonyl (C=O) groups is 1. The van der Waals surface area contributed by atoms with Crippen LogP contribution >= 0.6 is 0 Å². The molecule has 2 aromatic carbocycles. The molecule has 0 bridgehead atoms. The van der Waals surface area contributed by atoms with Crippen molar-refractivity contribution >= 4 is 23.4 Å². The number of allylic oxidation sites excluding steroid dienone is 2. The lowest BCUT2D eigenvalue weighted by molar-refractivity contribution is -0.132. The second kappa shape index (κ2) is 10.7. The van der Waals surface area contributed by atoms with Crippen LogP contribution in [0.5, 0.6) is 0 Å². The Balaban J connectivity index is 1.59. The lowest BCUT2D eigenvalue weighted by Crippen LogP contribution is -2.27. The van der Waals surface area contributed by atoms with Crippen LogP contribution in [0.4, 0.5) is 11.4 Å². The summed E-state index contributed by atoms with van der Waals surface area (Å²) >= 11 is 0. The predicted octanol–water partition coefficient (Wildman–Crippen LogP) is 7.45. The Kier molecular flexibility index (Phi) is 7.53. The maximum absolute atomic E-state index is 11.0. The fourth-order valence-corrected chi connectivity index (χ4v) is 5.60. The van der Waals surface area contributed by atoms with Gasteiger partial charge in [-0.05, 0) is 79.1 Å². The Labute approximate surface area is 203 Å². The monoisotopic (exact) mass is 454 g/mol. The molecule has 0 amide bonds. The molecule has 176 valence electrons. The molecule has 1 aliphatic heterocycles. The third kappa shape index (κ3) is 4.94. The average molecular weight is 455 g/mol. The molecule has 0 spiro atoms. The number of benzene rings is 2. The van der Waals surface area contributed by atoms with Crippen molar-refractivity contribution in [2.24, 2.45) is 0 Å². The lowest BCUT2D eigenvalue weighted by atomic mass is 9.96. The van der Waals surface area contributed by atoms with E-state index in [-0.39, 0.29) is 5.57 Å². The van der Waals surface area contributed by atoms with Gasteiger partial charge in [-0.1, -0.05) is 63.0 Å². The minimum atomic E-state index is -1.20. The van der Waals surface area contributed by atoms with E-state index >= 15 is 0 Å². The molecule has 2 unspecified atom stereocenters. The van der Waals surface area contributed by atoms with Gasteiger partial charge in [0.2, 0.25) is 0 Å². The normalized spacial score (nSPS) is 19.3. The van der Waals surface area contributed by atoms with Crippen LogP contribution in [0.25, 0.3) is 6.08 Å². The van der Waals surface area contributed by atoms with Gasteiger partial charge in [0.1, 0.15) is 11.6 Å². The Morgan fingerprint density at radius 3 is 2.71 bits per heavy atom. The standard InChI is InChI=1S/C30H34N2O2/c1-3-4-5-6-9-22-14-16-27(21(2)18-22)32-28-13-8-12-25(28)26-19-23(15-17-29(26)32)10-7-11-24(20-31)30(33)34/h7,10-11,14-19,25,28H,3-6,8-9,12-13H2,1-2H3,(H,33,34). The topological polar surface area (TPSA) is 64.3 Å². The zero-order valence-electron chi connectivity index (χ0n) is 20.3. The number of hydrogen-bond donors (Lipinski definition) is 1. The van der Waals surface area contributed by atoms with E-state index in [1.54, 1.807) is 12.1 Å². The molecule has 2 aliphatic rings. The Morgan fingerprint density at radius 1 is 1.15 bits per heavy atom. The minimum absolute atomic E-state index is 0.260.